The van der Waals surface area contributed by atoms with Crippen LogP contribution in [0.25, 0.3) is 0 Å². The third-order valence-electron chi connectivity index (χ3n) is 0.675. The molecule has 0 rings (SSSR count). The van der Waals surface area contributed by atoms with Crippen LogP contribution < -0.4 is 0 Å². The predicted octanol–water partition coefficient (Wildman–Crippen LogP) is 1.96. The molecule has 0 saturated carbocycles. The van der Waals surface area contributed by atoms with Crippen LogP contribution in [-0.4, -0.2) is 22.2 Å². The monoisotopic (exact) mass is 181 g/mol. The van der Waals surface area contributed by atoms with Crippen LogP contribution >= 0.6 is 24.8 Å². The molecule has 3 nitrogen and oxygen atoms in total. The minimum Gasteiger partial charge on any atom is -0.448 e. The largest absolute Gasteiger partial charge is 0.448 e. The number of carbonyl (C=O) groups is 1. The van der Waals surface area contributed by atoms with Crippen molar-refractivity contribution in [3.63, 3.8) is 0 Å². The van der Waals surface area contributed by atoms with Gasteiger partial charge in [0.05, 0.1) is 6.61 Å². The summed E-state index contributed by atoms with van der Waals surface area (Å²) in [5.74, 6) is 0.808. The molecule has 0 atom stereocenters. The molecule has 0 aromatic heterocycles. The van der Waals surface area contributed by atoms with E-state index >= 15 is 0 Å². The van der Waals surface area contributed by atoms with Crippen LogP contribution in [0.4, 0.5) is 4.79 Å². The lowest BCUT2D eigenvalue weighted by molar-refractivity contribution is 0.148. The lowest BCUT2D eigenvalue weighted by Crippen LogP contribution is -2.15. The maximum Gasteiger partial charge on any atom is 0.430 e. The SMILES string of the molecule is CCOC(=O)N(S)SCC. The van der Waals surface area contributed by atoms with Crippen LogP contribution in [0.1, 0.15) is 13.8 Å². The Morgan fingerprint density at radius 2 is 2.30 bits per heavy atom. The number of nitrogens with zero attached hydrogens (tertiary/aromatic N) is 1. The van der Waals surface area contributed by atoms with Gasteiger partial charge in [-0.3, -0.25) is 0 Å². The van der Waals surface area contributed by atoms with Gasteiger partial charge >= 0.3 is 6.09 Å². The van der Waals surface area contributed by atoms with Crippen molar-refractivity contribution in [3.8, 4) is 0 Å². The zero-order valence-corrected chi connectivity index (χ0v) is 7.74. The van der Waals surface area contributed by atoms with Crippen LogP contribution in [0.15, 0.2) is 0 Å². The highest BCUT2D eigenvalue weighted by Gasteiger charge is 2.08. The molecule has 0 aromatic carbocycles. The number of hydrogen-bond donors (Lipinski definition) is 1. The van der Waals surface area contributed by atoms with Gasteiger partial charge in [0.25, 0.3) is 0 Å². The molecule has 60 valence electrons. The first-order valence-electron chi connectivity index (χ1n) is 3.01. The van der Waals surface area contributed by atoms with Crippen molar-refractivity contribution < 1.29 is 9.53 Å². The maximum absolute atomic E-state index is 10.7. The van der Waals surface area contributed by atoms with Crippen LogP contribution in [0.3, 0.4) is 0 Å². The highest BCUT2D eigenvalue weighted by atomic mass is 32.2. The van der Waals surface area contributed by atoms with Gasteiger partial charge in [-0.15, -0.1) is 0 Å². The predicted molar refractivity (Wildman–Crippen MR) is 46.0 cm³/mol. The van der Waals surface area contributed by atoms with E-state index in [1.165, 1.54) is 15.7 Å². The number of rotatable bonds is 3. The molecular formula is C5H11NO2S2. The summed E-state index contributed by atoms with van der Waals surface area (Å²) in [7, 11) is 0. The minimum absolute atomic E-state index is 0.389. The zero-order chi connectivity index (χ0) is 7.98. The highest BCUT2D eigenvalue weighted by molar-refractivity contribution is 8.06. The summed E-state index contributed by atoms with van der Waals surface area (Å²) in [5.41, 5.74) is 0. The number of ether oxygens (including phenoxy) is 1. The fourth-order valence-electron chi connectivity index (χ4n) is 0.354. The third kappa shape index (κ3) is 3.90. The fraction of sp³-hybridized carbons (Fsp3) is 0.800. The Hall–Kier alpha value is -0.0300. The molecule has 0 radical (unpaired) electrons. The summed E-state index contributed by atoms with van der Waals surface area (Å²) in [6.45, 7) is 4.09. The molecule has 10 heavy (non-hydrogen) atoms. The first-order valence-corrected chi connectivity index (χ1v) is 4.35. The Morgan fingerprint density at radius 3 is 2.70 bits per heavy atom. The van der Waals surface area contributed by atoms with Gasteiger partial charge in [-0.05, 0) is 31.7 Å². The molecular weight excluding hydrogens is 170 g/mol. The Morgan fingerprint density at radius 1 is 1.70 bits per heavy atom. The van der Waals surface area contributed by atoms with Crippen LogP contribution in [-0.2, 0) is 4.74 Å². The van der Waals surface area contributed by atoms with Gasteiger partial charge in [0.15, 0.2) is 0 Å². The van der Waals surface area contributed by atoms with Gasteiger partial charge in [-0.2, -0.15) is 3.71 Å². The highest BCUT2D eigenvalue weighted by Crippen LogP contribution is 2.12. The third-order valence-corrected chi connectivity index (χ3v) is 1.84. The van der Waals surface area contributed by atoms with E-state index < -0.39 is 6.09 Å². The van der Waals surface area contributed by atoms with E-state index in [1.54, 1.807) is 6.92 Å². The van der Waals surface area contributed by atoms with Crippen molar-refractivity contribution >= 4 is 30.9 Å². The molecule has 0 bridgehead atoms. The molecule has 0 unspecified atom stereocenters. The Balaban J connectivity index is 3.49. The van der Waals surface area contributed by atoms with Crippen LogP contribution in [0.5, 0.6) is 0 Å². The van der Waals surface area contributed by atoms with Gasteiger partial charge in [-0.1, -0.05) is 6.92 Å². The molecule has 5 heteroatoms. The van der Waals surface area contributed by atoms with E-state index in [9.17, 15) is 4.79 Å². The second kappa shape index (κ2) is 5.73. The average Bonchev–Trinajstić information content (AvgIpc) is 1.89. The second-order valence-electron chi connectivity index (χ2n) is 1.39. The molecule has 0 aliphatic rings. The number of amides is 1. The standard InChI is InChI=1S/C5H11NO2S2/c1-3-8-5(7)6(9)10-4-2/h9H,3-4H2,1-2H3. The number of hydrogen-bond acceptors (Lipinski definition) is 4. The first kappa shape index (κ1) is 9.97. The Kier molecular flexibility index (Phi) is 5.71. The quantitative estimate of drug-likeness (QED) is 0.533. The topological polar surface area (TPSA) is 29.5 Å². The summed E-state index contributed by atoms with van der Waals surface area (Å²) >= 11 is 5.16. The smallest absolute Gasteiger partial charge is 0.430 e. The average molecular weight is 181 g/mol. The Labute approximate surface area is 70.8 Å². The van der Waals surface area contributed by atoms with E-state index in [4.69, 9.17) is 0 Å². The number of thiol groups is 1. The molecule has 0 fully saturated rings. The molecule has 0 N–H and O–H groups in total. The van der Waals surface area contributed by atoms with Gasteiger partial charge in [-0.25, -0.2) is 4.79 Å². The van der Waals surface area contributed by atoms with Gasteiger partial charge < -0.3 is 4.74 Å². The molecule has 0 heterocycles. The van der Waals surface area contributed by atoms with E-state index in [0.29, 0.717) is 6.61 Å². The summed E-state index contributed by atoms with van der Waals surface area (Å²) < 4.78 is 5.83. The van der Waals surface area contributed by atoms with Crippen LogP contribution in [0, 0.1) is 0 Å². The van der Waals surface area contributed by atoms with Crippen molar-refractivity contribution in [1.82, 2.24) is 3.71 Å². The molecule has 1 amide bonds. The van der Waals surface area contributed by atoms with E-state index in [0.717, 1.165) is 5.75 Å². The van der Waals surface area contributed by atoms with Crippen molar-refractivity contribution in [2.45, 2.75) is 13.8 Å². The zero-order valence-electron chi connectivity index (χ0n) is 6.03. The van der Waals surface area contributed by atoms with Crippen molar-refractivity contribution in [2.24, 2.45) is 0 Å². The van der Waals surface area contributed by atoms with Gasteiger partial charge in [0.1, 0.15) is 0 Å². The molecule has 0 spiro atoms. The minimum atomic E-state index is -0.405. The summed E-state index contributed by atoms with van der Waals surface area (Å²) in [5, 5.41) is 0. The van der Waals surface area contributed by atoms with Gasteiger partial charge in [0.2, 0.25) is 0 Å². The molecule has 0 aliphatic heterocycles. The second-order valence-corrected chi connectivity index (χ2v) is 3.26. The molecule has 0 saturated heterocycles. The van der Waals surface area contributed by atoms with E-state index in [1.807, 2.05) is 6.92 Å². The number of carbonyl (C=O) groups excluding carboxylic acids is 1. The van der Waals surface area contributed by atoms with Crippen molar-refractivity contribution in [3.05, 3.63) is 0 Å². The Bertz CT molecular complexity index is 110. The first-order chi connectivity index (χ1) is 4.72. The van der Waals surface area contributed by atoms with Crippen molar-refractivity contribution in [1.29, 1.82) is 0 Å². The molecule has 0 aliphatic carbocycles. The maximum atomic E-state index is 10.7. The summed E-state index contributed by atoms with van der Waals surface area (Å²) in [4.78, 5) is 10.7. The molecule has 0 aromatic rings. The lowest BCUT2D eigenvalue weighted by Gasteiger charge is -2.11. The lowest BCUT2D eigenvalue weighted by atomic mass is 10.9. The summed E-state index contributed by atoms with van der Waals surface area (Å²) in [6, 6.07) is 0. The van der Waals surface area contributed by atoms with Gasteiger partial charge in [0, 0.05) is 5.75 Å². The van der Waals surface area contributed by atoms with Crippen LogP contribution in [0.2, 0.25) is 0 Å². The summed E-state index contributed by atoms with van der Waals surface area (Å²) in [6.07, 6.45) is -0.405. The fourth-order valence-corrected chi connectivity index (χ4v) is 1.16. The van der Waals surface area contributed by atoms with Crippen molar-refractivity contribution in [2.75, 3.05) is 12.4 Å². The van der Waals surface area contributed by atoms with E-state index in [-0.39, 0.29) is 0 Å². The van der Waals surface area contributed by atoms with E-state index in [2.05, 4.69) is 17.6 Å². The normalized spacial score (nSPS) is 9.10.